The summed E-state index contributed by atoms with van der Waals surface area (Å²) in [5, 5.41) is 9.35. The van der Waals surface area contributed by atoms with Crippen LogP contribution in [0.5, 0.6) is 0 Å². The van der Waals surface area contributed by atoms with Gasteiger partial charge in [-0.05, 0) is 37.0 Å². The van der Waals surface area contributed by atoms with E-state index >= 15 is 0 Å². The Balaban J connectivity index is 1.78. The van der Waals surface area contributed by atoms with E-state index < -0.39 is 0 Å². The van der Waals surface area contributed by atoms with Gasteiger partial charge in [-0.1, -0.05) is 18.2 Å². The number of benzene rings is 1. The number of hydrogen-bond acceptors (Lipinski definition) is 6. The number of carbonyl (C=O) groups is 1. The van der Waals surface area contributed by atoms with E-state index in [1.165, 1.54) is 30.6 Å². The molecule has 1 aliphatic heterocycles. The van der Waals surface area contributed by atoms with Gasteiger partial charge in [0.25, 0.3) is 5.91 Å². The summed E-state index contributed by atoms with van der Waals surface area (Å²) in [4.78, 5) is 23.4. The highest BCUT2D eigenvalue weighted by atomic mass is 32.1. The Hall–Kier alpha value is -2.73. The van der Waals surface area contributed by atoms with Crippen molar-refractivity contribution in [2.75, 3.05) is 40.5 Å². The van der Waals surface area contributed by atoms with E-state index in [4.69, 9.17) is 9.47 Å². The fourth-order valence-corrected chi connectivity index (χ4v) is 4.55. The normalized spacial score (nSPS) is 14.0. The van der Waals surface area contributed by atoms with Crippen molar-refractivity contribution in [2.45, 2.75) is 32.4 Å². The van der Waals surface area contributed by atoms with Crippen molar-refractivity contribution >= 4 is 29.3 Å². The Morgan fingerprint density at radius 1 is 1.28 bits per heavy atom. The zero-order chi connectivity index (χ0) is 22.8. The van der Waals surface area contributed by atoms with Crippen LogP contribution in [-0.4, -0.2) is 62.5 Å². The third-order valence-corrected chi connectivity index (χ3v) is 6.36. The number of ether oxygens (including phenoxy) is 2. The van der Waals surface area contributed by atoms with Crippen LogP contribution in [0.4, 0.5) is 5.69 Å². The lowest BCUT2D eigenvalue weighted by molar-refractivity contribution is 0.0629. The zero-order valence-electron chi connectivity index (χ0n) is 18.7. The highest BCUT2D eigenvalue weighted by Crippen LogP contribution is 2.32. The Bertz CT molecular complexity index is 960. The molecular formula is C24H30N4O3S. The second-order valence-corrected chi connectivity index (χ2v) is 8.88. The van der Waals surface area contributed by atoms with Crippen LogP contribution >= 0.6 is 11.3 Å². The number of nitriles is 1. The first-order valence-corrected chi connectivity index (χ1v) is 11.6. The molecule has 0 spiro atoms. The summed E-state index contributed by atoms with van der Waals surface area (Å²) in [6.07, 6.45) is 5.45. The van der Waals surface area contributed by atoms with Gasteiger partial charge in [0, 0.05) is 38.7 Å². The van der Waals surface area contributed by atoms with Crippen molar-refractivity contribution in [3.63, 3.8) is 0 Å². The van der Waals surface area contributed by atoms with Crippen LogP contribution in [-0.2, 0) is 22.6 Å². The molecule has 2 heterocycles. The third kappa shape index (κ3) is 6.63. The standard InChI is InChI=1S/C24H30N4O3S/c1-27(16-20-9-5-4-8-19(20)15-25)24(29)23-22(26-18-28-10-6-3-7-11-28)14-21(32-23)17-31-13-12-30-2/h4-5,8-9,14,18H,3,6-7,10-13,16-17H2,1-2H3. The molecule has 1 saturated heterocycles. The molecular weight excluding hydrogens is 424 g/mol. The van der Waals surface area contributed by atoms with E-state index in [1.54, 1.807) is 25.1 Å². The topological polar surface area (TPSA) is 78.2 Å². The van der Waals surface area contributed by atoms with Crippen molar-refractivity contribution in [1.82, 2.24) is 9.80 Å². The molecule has 3 rings (SSSR count). The maximum atomic E-state index is 13.3. The molecule has 2 aromatic rings. The summed E-state index contributed by atoms with van der Waals surface area (Å²) in [7, 11) is 3.39. The second-order valence-electron chi connectivity index (χ2n) is 7.74. The lowest BCUT2D eigenvalue weighted by Crippen LogP contribution is -2.28. The van der Waals surface area contributed by atoms with Gasteiger partial charge in [-0.25, -0.2) is 4.99 Å². The second kappa shape index (κ2) is 12.3. The SMILES string of the molecule is COCCOCc1cc(N=CN2CCCCC2)c(C(=O)N(C)Cc2ccccc2C#N)s1. The first-order valence-electron chi connectivity index (χ1n) is 10.8. The maximum absolute atomic E-state index is 13.3. The minimum atomic E-state index is -0.114. The average Bonchev–Trinajstić information content (AvgIpc) is 3.24. The number of hydrogen-bond donors (Lipinski definition) is 0. The highest BCUT2D eigenvalue weighted by Gasteiger charge is 2.21. The molecule has 0 radical (unpaired) electrons. The van der Waals surface area contributed by atoms with Gasteiger partial charge in [0.1, 0.15) is 4.88 Å². The number of rotatable bonds is 10. The van der Waals surface area contributed by atoms with Gasteiger partial charge < -0.3 is 19.3 Å². The summed E-state index contributed by atoms with van der Waals surface area (Å²) >= 11 is 1.41. The van der Waals surface area contributed by atoms with Crippen LogP contribution in [0, 0.1) is 11.3 Å². The number of methoxy groups -OCH3 is 1. The van der Waals surface area contributed by atoms with Gasteiger partial charge in [-0.2, -0.15) is 5.26 Å². The fraction of sp³-hybridized carbons (Fsp3) is 0.458. The summed E-state index contributed by atoms with van der Waals surface area (Å²) in [6, 6.07) is 11.5. The molecule has 32 heavy (non-hydrogen) atoms. The molecule has 8 heteroatoms. The zero-order valence-corrected chi connectivity index (χ0v) is 19.6. The van der Waals surface area contributed by atoms with Crippen LogP contribution in [0.15, 0.2) is 35.3 Å². The molecule has 170 valence electrons. The number of amides is 1. The first kappa shape index (κ1) is 23.9. The number of thiophene rings is 1. The smallest absolute Gasteiger partial charge is 0.266 e. The third-order valence-electron chi connectivity index (χ3n) is 5.28. The minimum Gasteiger partial charge on any atom is -0.382 e. The lowest BCUT2D eigenvalue weighted by Gasteiger charge is -2.23. The predicted octanol–water partition coefficient (Wildman–Crippen LogP) is 4.20. The molecule has 0 unspecified atom stereocenters. The first-order chi connectivity index (χ1) is 15.6. The lowest BCUT2D eigenvalue weighted by atomic mass is 10.1. The molecule has 7 nitrogen and oxygen atoms in total. The molecule has 0 N–H and O–H groups in total. The predicted molar refractivity (Wildman–Crippen MR) is 126 cm³/mol. The van der Waals surface area contributed by atoms with E-state index in [9.17, 15) is 10.1 Å². The summed E-state index contributed by atoms with van der Waals surface area (Å²) in [5.74, 6) is -0.114. The molecule has 1 fully saturated rings. The van der Waals surface area contributed by atoms with Crippen molar-refractivity contribution in [3.05, 3.63) is 51.2 Å². The van der Waals surface area contributed by atoms with Crippen molar-refractivity contribution in [1.29, 1.82) is 5.26 Å². The minimum absolute atomic E-state index is 0.114. The van der Waals surface area contributed by atoms with Crippen molar-refractivity contribution < 1.29 is 14.3 Å². The Morgan fingerprint density at radius 3 is 2.81 bits per heavy atom. The summed E-state index contributed by atoms with van der Waals surface area (Å²) in [5.41, 5.74) is 2.06. The van der Waals surface area contributed by atoms with Crippen LogP contribution < -0.4 is 0 Å². The maximum Gasteiger partial charge on any atom is 0.266 e. The van der Waals surface area contributed by atoms with Crippen LogP contribution in [0.3, 0.4) is 0 Å². The molecule has 0 atom stereocenters. The van der Waals surface area contributed by atoms with Crippen molar-refractivity contribution in [2.24, 2.45) is 4.99 Å². The van der Waals surface area contributed by atoms with Gasteiger partial charge in [0.15, 0.2) is 0 Å². The summed E-state index contributed by atoms with van der Waals surface area (Å²) < 4.78 is 10.7. The van der Waals surface area contributed by atoms with Gasteiger partial charge in [-0.15, -0.1) is 11.3 Å². The Morgan fingerprint density at radius 2 is 2.06 bits per heavy atom. The van der Waals surface area contributed by atoms with Gasteiger partial charge in [0.05, 0.1) is 43.5 Å². The van der Waals surface area contributed by atoms with Gasteiger partial charge in [0.2, 0.25) is 0 Å². The van der Waals surface area contributed by atoms with Crippen LogP contribution in [0.1, 0.15) is 44.9 Å². The monoisotopic (exact) mass is 454 g/mol. The number of carbonyl (C=O) groups excluding carboxylic acids is 1. The molecule has 1 aliphatic rings. The van der Waals surface area contributed by atoms with E-state index in [2.05, 4.69) is 16.0 Å². The average molecular weight is 455 g/mol. The Kier molecular flexibility index (Phi) is 9.23. The number of aliphatic imine (C=N–C) groups is 1. The van der Waals surface area contributed by atoms with Crippen LogP contribution in [0.2, 0.25) is 0 Å². The fourth-order valence-electron chi connectivity index (χ4n) is 3.51. The highest BCUT2D eigenvalue weighted by molar-refractivity contribution is 7.14. The van der Waals surface area contributed by atoms with Crippen LogP contribution in [0.25, 0.3) is 0 Å². The number of nitrogens with zero attached hydrogens (tertiary/aromatic N) is 4. The van der Waals surface area contributed by atoms with E-state index in [0.717, 1.165) is 23.5 Å². The molecule has 1 aromatic carbocycles. The molecule has 1 amide bonds. The number of piperidine rings is 1. The van der Waals surface area contributed by atoms with E-state index in [0.29, 0.717) is 42.5 Å². The van der Waals surface area contributed by atoms with Crippen molar-refractivity contribution in [3.8, 4) is 6.07 Å². The Labute approximate surface area is 193 Å². The van der Waals surface area contributed by atoms with Gasteiger partial charge in [-0.3, -0.25) is 4.79 Å². The molecule has 0 aliphatic carbocycles. The quantitative estimate of drug-likeness (QED) is 0.305. The number of likely N-dealkylation sites (tertiary alicyclic amines) is 1. The van der Waals surface area contributed by atoms with E-state index in [-0.39, 0.29) is 5.91 Å². The molecule has 0 saturated carbocycles. The molecule has 1 aromatic heterocycles. The summed E-state index contributed by atoms with van der Waals surface area (Å²) in [6.45, 7) is 3.78. The molecule has 0 bridgehead atoms. The van der Waals surface area contributed by atoms with Gasteiger partial charge >= 0.3 is 0 Å². The largest absolute Gasteiger partial charge is 0.382 e. The van der Waals surface area contributed by atoms with E-state index in [1.807, 2.05) is 30.6 Å².